The van der Waals surface area contributed by atoms with E-state index in [1.165, 1.54) is 5.57 Å². The van der Waals surface area contributed by atoms with E-state index in [2.05, 4.69) is 53.8 Å². The number of carbonyl (C=O) groups excluding carboxylic acids is 4. The van der Waals surface area contributed by atoms with Gasteiger partial charge in [0.15, 0.2) is 5.78 Å². The minimum absolute atomic E-state index is 0.00517. The maximum atomic E-state index is 14.3. The van der Waals surface area contributed by atoms with Crippen LogP contribution in [0.25, 0.3) is 0 Å². The van der Waals surface area contributed by atoms with Crippen LogP contribution in [0.1, 0.15) is 160 Å². The van der Waals surface area contributed by atoms with E-state index >= 15 is 0 Å². The van der Waals surface area contributed by atoms with Gasteiger partial charge in [0.25, 0.3) is 0 Å². The van der Waals surface area contributed by atoms with E-state index in [4.69, 9.17) is 9.47 Å². The van der Waals surface area contributed by atoms with E-state index in [1.807, 2.05) is 25.7 Å². The van der Waals surface area contributed by atoms with Crippen molar-refractivity contribution in [1.29, 1.82) is 0 Å². The van der Waals surface area contributed by atoms with Crippen molar-refractivity contribution in [1.82, 2.24) is 15.1 Å². The molecular weight excluding hydrogens is 735 g/mol. The molecule has 1 heterocycles. The minimum Gasteiger partial charge on any atom is -0.481 e. The molecular formula is C47H75N3O8. The zero-order valence-corrected chi connectivity index (χ0v) is 38.1. The number of carboxylic acids is 1. The van der Waals surface area contributed by atoms with E-state index < -0.39 is 28.5 Å². The summed E-state index contributed by atoms with van der Waals surface area (Å²) < 4.78 is 11.8. The summed E-state index contributed by atoms with van der Waals surface area (Å²) in [5.41, 5.74) is -0.610. The van der Waals surface area contributed by atoms with Gasteiger partial charge in [0.1, 0.15) is 11.7 Å². The molecule has 58 heavy (non-hydrogen) atoms. The molecule has 6 rings (SSSR count). The molecule has 0 spiro atoms. The van der Waals surface area contributed by atoms with Crippen LogP contribution in [-0.4, -0.2) is 88.2 Å². The third-order valence-electron chi connectivity index (χ3n) is 17.1. The van der Waals surface area contributed by atoms with Crippen LogP contribution in [0, 0.1) is 50.7 Å². The van der Waals surface area contributed by atoms with Gasteiger partial charge in [-0.1, -0.05) is 48.5 Å². The van der Waals surface area contributed by atoms with E-state index in [0.717, 1.165) is 56.9 Å². The molecule has 11 nitrogen and oxygen atoms in total. The summed E-state index contributed by atoms with van der Waals surface area (Å²) in [4.78, 5) is 69.7. The minimum atomic E-state index is -1.18. The second-order valence-corrected chi connectivity index (χ2v) is 22.7. The number of piperidine rings is 1. The highest BCUT2D eigenvalue weighted by Gasteiger charge is 2.70. The topological polar surface area (TPSA) is 143 Å². The van der Waals surface area contributed by atoms with Crippen LogP contribution in [0.5, 0.6) is 0 Å². The van der Waals surface area contributed by atoms with Crippen molar-refractivity contribution < 1.29 is 38.6 Å². The summed E-state index contributed by atoms with van der Waals surface area (Å²) in [6.07, 6.45) is 8.34. The molecule has 1 aliphatic heterocycles. The number of carboxylic acid groups (broad SMARTS) is 1. The lowest BCUT2D eigenvalue weighted by atomic mass is 9.33. The Morgan fingerprint density at radius 1 is 0.862 bits per heavy atom. The van der Waals surface area contributed by atoms with Crippen molar-refractivity contribution in [3.8, 4) is 0 Å². The molecule has 0 bridgehead atoms. The SMILES string of the molecule is CC(C)C1=C2C3CCC4C5(C)CC[C@H](OC(=O)CC(C)(C)C(=O)O)C(C)(C)C5CC[C@@]4(C)[C@]3(C)CCC2(NC(=O)N2CCC(N(C)C(=O)OC(C)(C)C)CC2)CC1=O. The lowest BCUT2D eigenvalue weighted by molar-refractivity contribution is -0.232. The standard InChI is InChI=1S/C47H75N3O8/c1-28(2)36-31(51)26-47(48-39(55)50-24-18-29(19-25-50)49(13)40(56)58-41(3,4)5)23-22-45(11)30(37(36)47)14-15-33-44(10)20-17-34(57-35(52)27-42(6,7)38(53)54)43(8,9)32(44)16-21-46(33,45)12/h28-30,32-34H,14-27H2,1-13H3,(H,48,55)(H,53,54)/t30?,32?,33?,34-,44?,45+,46+,47?/m0/s1. The lowest BCUT2D eigenvalue weighted by Gasteiger charge is -2.72. The number of nitrogens with zero attached hydrogens (tertiary/aromatic N) is 2. The first-order chi connectivity index (χ1) is 26.6. The molecule has 6 aliphatic rings. The number of rotatable bonds is 7. The molecule has 326 valence electrons. The summed E-state index contributed by atoms with van der Waals surface area (Å²) in [6.45, 7) is 26.1. The fourth-order valence-electron chi connectivity index (χ4n) is 13.8. The number of aliphatic carboxylic acids is 1. The Balaban J connectivity index is 1.21. The molecule has 5 unspecified atom stereocenters. The fourth-order valence-corrected chi connectivity index (χ4v) is 13.8. The zero-order valence-electron chi connectivity index (χ0n) is 38.1. The Morgan fingerprint density at radius 2 is 1.50 bits per heavy atom. The number of carbonyl (C=O) groups is 5. The smallest absolute Gasteiger partial charge is 0.410 e. The number of likely N-dealkylation sites (tertiary alicyclic amines) is 1. The predicted octanol–water partition coefficient (Wildman–Crippen LogP) is 9.17. The molecule has 0 aromatic rings. The number of ether oxygens (including phenoxy) is 2. The molecule has 0 aromatic heterocycles. The first-order valence-corrected chi connectivity index (χ1v) is 22.4. The quantitative estimate of drug-likeness (QED) is 0.243. The zero-order chi connectivity index (χ0) is 43.2. The fraction of sp³-hybridized carbons (Fsp3) is 0.851. The maximum Gasteiger partial charge on any atom is 0.410 e. The van der Waals surface area contributed by atoms with E-state index in [0.29, 0.717) is 44.2 Å². The molecule has 2 N–H and O–H groups in total. The Bertz CT molecular complexity index is 1720. The van der Waals surface area contributed by atoms with Gasteiger partial charge < -0.3 is 29.7 Å². The Labute approximate surface area is 348 Å². The first kappa shape index (κ1) is 44.4. The molecule has 11 heteroatoms. The van der Waals surface area contributed by atoms with E-state index in [9.17, 15) is 29.1 Å². The number of hydrogen-bond donors (Lipinski definition) is 2. The van der Waals surface area contributed by atoms with Gasteiger partial charge in [0.2, 0.25) is 0 Å². The summed E-state index contributed by atoms with van der Waals surface area (Å²) in [5.74, 6) is -0.232. The largest absolute Gasteiger partial charge is 0.481 e. The van der Waals surface area contributed by atoms with Crippen molar-refractivity contribution in [2.45, 2.75) is 183 Å². The molecule has 4 saturated carbocycles. The van der Waals surface area contributed by atoms with Crippen molar-refractivity contribution in [3.05, 3.63) is 11.1 Å². The predicted molar refractivity (Wildman–Crippen MR) is 223 cm³/mol. The molecule has 5 fully saturated rings. The second kappa shape index (κ2) is 14.8. The number of amides is 3. The van der Waals surface area contributed by atoms with Gasteiger partial charge in [0.05, 0.1) is 17.4 Å². The highest BCUT2D eigenvalue weighted by Crippen LogP contribution is 2.76. The number of urea groups is 1. The number of nitrogens with one attached hydrogen (secondary N) is 1. The van der Waals surface area contributed by atoms with Gasteiger partial charge in [-0.15, -0.1) is 0 Å². The summed E-state index contributed by atoms with van der Waals surface area (Å²) in [7, 11) is 1.78. The van der Waals surface area contributed by atoms with Gasteiger partial charge in [-0.05, 0) is 150 Å². The van der Waals surface area contributed by atoms with Gasteiger partial charge in [-0.3, -0.25) is 14.4 Å². The second-order valence-electron chi connectivity index (χ2n) is 22.7. The molecule has 8 atom stereocenters. The molecule has 1 saturated heterocycles. The van der Waals surface area contributed by atoms with E-state index in [-0.39, 0.29) is 70.0 Å². The van der Waals surface area contributed by atoms with E-state index in [1.54, 1.807) is 25.8 Å². The average molecular weight is 810 g/mol. The molecule has 3 amide bonds. The van der Waals surface area contributed by atoms with Gasteiger partial charge in [-0.25, -0.2) is 9.59 Å². The Morgan fingerprint density at radius 3 is 2.09 bits per heavy atom. The average Bonchev–Trinajstić information content (AvgIpc) is 3.40. The van der Waals surface area contributed by atoms with Crippen LogP contribution in [0.15, 0.2) is 11.1 Å². The number of esters is 1. The number of fused-ring (bicyclic) bond motifs is 7. The van der Waals surface area contributed by atoms with Crippen LogP contribution in [-0.2, 0) is 23.9 Å². The maximum absolute atomic E-state index is 14.3. The Kier molecular flexibility index (Phi) is 11.3. The van der Waals surface area contributed by atoms with Gasteiger partial charge in [-0.2, -0.15) is 0 Å². The summed E-state index contributed by atoms with van der Waals surface area (Å²) in [6, 6.07) is -0.125. The Hall–Kier alpha value is -3.11. The van der Waals surface area contributed by atoms with Crippen molar-refractivity contribution in [3.63, 3.8) is 0 Å². The van der Waals surface area contributed by atoms with Crippen LogP contribution in [0.4, 0.5) is 9.59 Å². The van der Waals surface area contributed by atoms with Crippen molar-refractivity contribution in [2.75, 3.05) is 20.1 Å². The van der Waals surface area contributed by atoms with Crippen molar-refractivity contribution in [2.24, 2.45) is 50.7 Å². The number of allylic oxidation sites excluding steroid dienone is 1. The first-order valence-electron chi connectivity index (χ1n) is 22.4. The monoisotopic (exact) mass is 810 g/mol. The highest BCUT2D eigenvalue weighted by molar-refractivity contribution is 6.02. The van der Waals surface area contributed by atoms with Crippen LogP contribution in [0.3, 0.4) is 0 Å². The lowest BCUT2D eigenvalue weighted by Crippen LogP contribution is -2.67. The molecule has 0 radical (unpaired) electrons. The van der Waals surface area contributed by atoms with Gasteiger partial charge in [0, 0.05) is 38.0 Å². The van der Waals surface area contributed by atoms with Crippen LogP contribution >= 0.6 is 0 Å². The number of Topliss-reactive ketones (excluding diaryl/α,β-unsaturated/α-hetero) is 1. The summed E-state index contributed by atoms with van der Waals surface area (Å²) >= 11 is 0. The van der Waals surface area contributed by atoms with Crippen molar-refractivity contribution >= 4 is 29.8 Å². The molecule has 0 aromatic carbocycles. The van der Waals surface area contributed by atoms with Crippen LogP contribution < -0.4 is 5.32 Å². The number of ketones is 1. The molecule has 5 aliphatic carbocycles. The normalized spacial score (nSPS) is 36.3. The van der Waals surface area contributed by atoms with Gasteiger partial charge >= 0.3 is 24.1 Å². The highest BCUT2D eigenvalue weighted by atomic mass is 16.6. The third-order valence-corrected chi connectivity index (χ3v) is 17.1. The van der Waals surface area contributed by atoms with Crippen LogP contribution in [0.2, 0.25) is 0 Å². The third kappa shape index (κ3) is 7.28. The number of hydrogen-bond acceptors (Lipinski definition) is 7. The summed E-state index contributed by atoms with van der Waals surface area (Å²) in [5, 5.41) is 13.2.